The van der Waals surface area contributed by atoms with Gasteiger partial charge in [-0.25, -0.2) is 0 Å². The molecule has 1 atom stereocenters. The lowest BCUT2D eigenvalue weighted by atomic mass is 10.1. The molecular formula is C12H15N3O2. The van der Waals surface area contributed by atoms with Gasteiger partial charge >= 0.3 is 0 Å². The molecule has 2 rings (SSSR count). The van der Waals surface area contributed by atoms with Crippen LogP contribution in [0, 0.1) is 6.92 Å². The number of hydrogen-bond donors (Lipinski definition) is 2. The van der Waals surface area contributed by atoms with Crippen LogP contribution in [0.15, 0.2) is 28.8 Å². The van der Waals surface area contributed by atoms with E-state index in [1.165, 1.54) is 5.56 Å². The third-order valence-electron chi connectivity index (χ3n) is 2.45. The van der Waals surface area contributed by atoms with Crippen molar-refractivity contribution in [3.05, 3.63) is 47.1 Å². The summed E-state index contributed by atoms with van der Waals surface area (Å²) in [5.74, 6) is 0.852. The number of nitrogens with two attached hydrogens (primary N) is 1. The molecule has 1 heterocycles. The molecule has 0 saturated heterocycles. The number of aryl methyl sites for hydroxylation is 1. The van der Waals surface area contributed by atoms with E-state index in [2.05, 4.69) is 16.2 Å². The topological polar surface area (TPSA) is 85.2 Å². The van der Waals surface area contributed by atoms with Gasteiger partial charge in [-0.3, -0.25) is 0 Å². The minimum atomic E-state index is -0.579. The zero-order valence-electron chi connectivity index (χ0n) is 9.63. The molecule has 90 valence electrons. The molecule has 3 N–H and O–H groups in total. The smallest absolute Gasteiger partial charge is 0.231 e. The Morgan fingerprint density at radius 3 is 3.00 bits per heavy atom. The molecule has 0 radical (unpaired) electrons. The van der Waals surface area contributed by atoms with Crippen molar-refractivity contribution in [2.24, 2.45) is 5.73 Å². The fraction of sp³-hybridized carbons (Fsp3) is 0.333. The van der Waals surface area contributed by atoms with Crippen molar-refractivity contribution in [1.29, 1.82) is 0 Å². The average molecular weight is 233 g/mol. The summed E-state index contributed by atoms with van der Waals surface area (Å²) in [7, 11) is 0. The van der Waals surface area contributed by atoms with Gasteiger partial charge < -0.3 is 15.4 Å². The molecule has 0 amide bonds. The molecule has 5 nitrogen and oxygen atoms in total. The van der Waals surface area contributed by atoms with Crippen molar-refractivity contribution in [2.75, 3.05) is 6.61 Å². The zero-order valence-corrected chi connectivity index (χ0v) is 9.63. The quantitative estimate of drug-likeness (QED) is 0.821. The molecule has 0 aliphatic heterocycles. The van der Waals surface area contributed by atoms with E-state index in [-0.39, 0.29) is 6.61 Å². The first-order valence-electron chi connectivity index (χ1n) is 5.43. The van der Waals surface area contributed by atoms with Crippen LogP contribution in [-0.4, -0.2) is 21.9 Å². The van der Waals surface area contributed by atoms with Crippen LogP contribution >= 0.6 is 0 Å². The molecule has 1 unspecified atom stereocenters. The van der Waals surface area contributed by atoms with Crippen molar-refractivity contribution in [2.45, 2.75) is 19.4 Å². The lowest BCUT2D eigenvalue weighted by Gasteiger charge is -1.99. The Kier molecular flexibility index (Phi) is 3.51. The highest BCUT2D eigenvalue weighted by Gasteiger charge is 2.13. The highest BCUT2D eigenvalue weighted by atomic mass is 16.5. The molecule has 0 spiro atoms. The first kappa shape index (κ1) is 11.8. The minimum Gasteiger partial charge on any atom is -0.394 e. The van der Waals surface area contributed by atoms with Gasteiger partial charge in [0.1, 0.15) is 0 Å². The van der Waals surface area contributed by atoms with Gasteiger partial charge in [0.25, 0.3) is 0 Å². The SMILES string of the molecule is Cc1cccc(Cc2nc(C(N)CO)no2)c1. The average Bonchev–Trinajstić information content (AvgIpc) is 2.76. The predicted octanol–water partition coefficient (Wildman–Crippen LogP) is 0.961. The third-order valence-corrected chi connectivity index (χ3v) is 2.45. The summed E-state index contributed by atoms with van der Waals surface area (Å²) in [6.45, 7) is 1.84. The normalized spacial score (nSPS) is 12.6. The monoisotopic (exact) mass is 233 g/mol. The molecular weight excluding hydrogens is 218 g/mol. The van der Waals surface area contributed by atoms with Gasteiger partial charge in [-0.05, 0) is 12.5 Å². The van der Waals surface area contributed by atoms with Gasteiger partial charge in [0.05, 0.1) is 19.1 Å². The number of aliphatic hydroxyl groups excluding tert-OH is 1. The second kappa shape index (κ2) is 5.07. The van der Waals surface area contributed by atoms with E-state index in [4.69, 9.17) is 15.4 Å². The molecule has 17 heavy (non-hydrogen) atoms. The number of rotatable bonds is 4. The maximum atomic E-state index is 8.88. The maximum absolute atomic E-state index is 8.88. The summed E-state index contributed by atoms with van der Waals surface area (Å²) in [4.78, 5) is 4.14. The molecule has 5 heteroatoms. The Hall–Kier alpha value is -1.72. The van der Waals surface area contributed by atoms with Crippen LogP contribution in [0.25, 0.3) is 0 Å². The Labute approximate surface area is 99.3 Å². The van der Waals surface area contributed by atoms with E-state index in [1.807, 2.05) is 25.1 Å². The largest absolute Gasteiger partial charge is 0.394 e. The molecule has 0 aliphatic rings. The summed E-state index contributed by atoms with van der Waals surface area (Å²) < 4.78 is 5.08. The van der Waals surface area contributed by atoms with Crippen LogP contribution in [0.3, 0.4) is 0 Å². The third kappa shape index (κ3) is 2.89. The number of nitrogens with zero attached hydrogens (tertiary/aromatic N) is 2. The maximum Gasteiger partial charge on any atom is 0.231 e. The fourth-order valence-electron chi connectivity index (χ4n) is 1.57. The van der Waals surface area contributed by atoms with Crippen LogP contribution in [0.1, 0.15) is 28.9 Å². The Balaban J connectivity index is 2.11. The lowest BCUT2D eigenvalue weighted by molar-refractivity contribution is 0.259. The summed E-state index contributed by atoms with van der Waals surface area (Å²) >= 11 is 0. The zero-order chi connectivity index (χ0) is 12.3. The first-order chi connectivity index (χ1) is 8.19. The Bertz CT molecular complexity index is 496. The Morgan fingerprint density at radius 1 is 1.47 bits per heavy atom. The van der Waals surface area contributed by atoms with E-state index in [0.717, 1.165) is 5.56 Å². The highest BCUT2D eigenvalue weighted by molar-refractivity contribution is 5.24. The molecule has 0 fully saturated rings. The van der Waals surface area contributed by atoms with Crippen LogP contribution in [0.5, 0.6) is 0 Å². The molecule has 1 aromatic carbocycles. The van der Waals surface area contributed by atoms with Crippen molar-refractivity contribution in [3.8, 4) is 0 Å². The standard InChI is InChI=1S/C12H15N3O2/c1-8-3-2-4-9(5-8)6-11-14-12(15-17-11)10(13)7-16/h2-5,10,16H,6-7,13H2,1H3. The van der Waals surface area contributed by atoms with Gasteiger partial charge in [-0.2, -0.15) is 4.98 Å². The van der Waals surface area contributed by atoms with Crippen molar-refractivity contribution >= 4 is 0 Å². The highest BCUT2D eigenvalue weighted by Crippen LogP contribution is 2.11. The Morgan fingerprint density at radius 2 is 2.29 bits per heavy atom. The second-order valence-corrected chi connectivity index (χ2v) is 4.00. The van der Waals surface area contributed by atoms with Gasteiger partial charge in [0, 0.05) is 0 Å². The van der Waals surface area contributed by atoms with Crippen LogP contribution in [0.2, 0.25) is 0 Å². The fourth-order valence-corrected chi connectivity index (χ4v) is 1.57. The van der Waals surface area contributed by atoms with Crippen molar-refractivity contribution in [3.63, 3.8) is 0 Å². The van der Waals surface area contributed by atoms with Crippen molar-refractivity contribution in [1.82, 2.24) is 10.1 Å². The van der Waals surface area contributed by atoms with E-state index in [9.17, 15) is 0 Å². The molecule has 0 bridgehead atoms. The number of hydrogen-bond acceptors (Lipinski definition) is 5. The first-order valence-corrected chi connectivity index (χ1v) is 5.43. The second-order valence-electron chi connectivity index (χ2n) is 4.00. The van der Waals surface area contributed by atoms with Crippen LogP contribution < -0.4 is 5.73 Å². The van der Waals surface area contributed by atoms with Gasteiger partial charge in [0.15, 0.2) is 5.82 Å². The summed E-state index contributed by atoms with van der Waals surface area (Å²) in [5, 5.41) is 12.6. The molecule has 0 saturated carbocycles. The lowest BCUT2D eigenvalue weighted by Crippen LogP contribution is -2.16. The summed E-state index contributed by atoms with van der Waals surface area (Å²) in [5.41, 5.74) is 7.89. The minimum absolute atomic E-state index is 0.191. The van der Waals surface area contributed by atoms with E-state index in [0.29, 0.717) is 18.1 Å². The predicted molar refractivity (Wildman–Crippen MR) is 62.3 cm³/mol. The summed E-state index contributed by atoms with van der Waals surface area (Å²) in [6.07, 6.45) is 0.576. The van der Waals surface area contributed by atoms with E-state index < -0.39 is 6.04 Å². The summed E-state index contributed by atoms with van der Waals surface area (Å²) in [6, 6.07) is 7.51. The van der Waals surface area contributed by atoms with Gasteiger partial charge in [-0.15, -0.1) is 0 Å². The molecule has 2 aromatic rings. The van der Waals surface area contributed by atoms with E-state index >= 15 is 0 Å². The van der Waals surface area contributed by atoms with Crippen LogP contribution in [-0.2, 0) is 6.42 Å². The van der Waals surface area contributed by atoms with Crippen molar-refractivity contribution < 1.29 is 9.63 Å². The van der Waals surface area contributed by atoms with E-state index in [1.54, 1.807) is 0 Å². The van der Waals surface area contributed by atoms with Crippen LogP contribution in [0.4, 0.5) is 0 Å². The number of aromatic nitrogens is 2. The number of benzene rings is 1. The molecule has 0 aliphatic carbocycles. The number of aliphatic hydroxyl groups is 1. The molecule has 1 aromatic heterocycles. The van der Waals surface area contributed by atoms with Gasteiger partial charge in [0.2, 0.25) is 5.89 Å². The van der Waals surface area contributed by atoms with Gasteiger partial charge in [-0.1, -0.05) is 35.0 Å².